The zero-order valence-electron chi connectivity index (χ0n) is 7.85. The average Bonchev–Trinajstić information content (AvgIpc) is 2.09. The number of aryl methyl sites for hydroxylation is 2. The first kappa shape index (κ1) is 8.85. The maximum atomic E-state index is 5.20. The molecular weight excluding hydrogens is 148 g/mol. The van der Waals surface area contributed by atoms with Gasteiger partial charge >= 0.3 is 0 Å². The molecule has 0 unspecified atom stereocenters. The van der Waals surface area contributed by atoms with Crippen LogP contribution in [0.5, 0.6) is 5.75 Å². The fraction of sp³-hybridized carbons (Fsp3) is 0.273. The second-order valence-corrected chi connectivity index (χ2v) is 2.88. The van der Waals surface area contributed by atoms with E-state index >= 15 is 0 Å². The monoisotopic (exact) mass is 162 g/mol. The van der Waals surface area contributed by atoms with Gasteiger partial charge < -0.3 is 4.74 Å². The lowest BCUT2D eigenvalue weighted by atomic mass is 10.1. The Labute approximate surface area is 73.7 Å². The van der Waals surface area contributed by atoms with Crippen LogP contribution in [-0.4, -0.2) is 7.11 Å². The third-order valence-electron chi connectivity index (χ3n) is 2.07. The molecule has 0 spiro atoms. The minimum Gasteiger partial charge on any atom is -0.496 e. The Morgan fingerprint density at radius 2 is 1.83 bits per heavy atom. The maximum Gasteiger partial charge on any atom is 0.126 e. The van der Waals surface area contributed by atoms with Gasteiger partial charge in [-0.1, -0.05) is 12.7 Å². The van der Waals surface area contributed by atoms with E-state index in [1.54, 1.807) is 7.11 Å². The molecule has 0 aromatic heterocycles. The van der Waals surface area contributed by atoms with Gasteiger partial charge in [-0.2, -0.15) is 0 Å². The molecule has 1 nitrogen and oxygen atoms in total. The second-order valence-electron chi connectivity index (χ2n) is 2.88. The van der Waals surface area contributed by atoms with Crippen LogP contribution in [0.15, 0.2) is 18.7 Å². The number of ether oxygens (including phenoxy) is 1. The number of hydrogen-bond acceptors (Lipinski definition) is 1. The van der Waals surface area contributed by atoms with Crippen LogP contribution in [0.25, 0.3) is 6.08 Å². The SMILES string of the molecule is C=Cc1cc(C)c(C)cc1OC. The van der Waals surface area contributed by atoms with E-state index in [9.17, 15) is 0 Å². The van der Waals surface area contributed by atoms with Gasteiger partial charge in [-0.25, -0.2) is 0 Å². The van der Waals surface area contributed by atoms with E-state index in [0.717, 1.165) is 11.3 Å². The van der Waals surface area contributed by atoms with E-state index in [1.165, 1.54) is 11.1 Å². The van der Waals surface area contributed by atoms with Crippen LogP contribution in [0, 0.1) is 13.8 Å². The molecule has 0 N–H and O–H groups in total. The van der Waals surface area contributed by atoms with Gasteiger partial charge in [0.05, 0.1) is 7.11 Å². The van der Waals surface area contributed by atoms with Crippen LogP contribution in [-0.2, 0) is 0 Å². The van der Waals surface area contributed by atoms with E-state index in [2.05, 4.69) is 26.5 Å². The minimum atomic E-state index is 0.896. The molecule has 0 saturated carbocycles. The Morgan fingerprint density at radius 1 is 1.25 bits per heavy atom. The van der Waals surface area contributed by atoms with Crippen LogP contribution in [0.2, 0.25) is 0 Å². The molecule has 1 aromatic rings. The highest BCUT2D eigenvalue weighted by atomic mass is 16.5. The average molecular weight is 162 g/mol. The molecule has 1 rings (SSSR count). The minimum absolute atomic E-state index is 0.896. The second kappa shape index (κ2) is 3.44. The lowest BCUT2D eigenvalue weighted by Gasteiger charge is -2.08. The third-order valence-corrected chi connectivity index (χ3v) is 2.07. The summed E-state index contributed by atoms with van der Waals surface area (Å²) in [6, 6.07) is 4.12. The van der Waals surface area contributed by atoms with Crippen molar-refractivity contribution in [3.63, 3.8) is 0 Å². The van der Waals surface area contributed by atoms with Crippen molar-refractivity contribution in [2.24, 2.45) is 0 Å². The smallest absolute Gasteiger partial charge is 0.126 e. The lowest BCUT2D eigenvalue weighted by molar-refractivity contribution is 0.413. The molecule has 0 aliphatic heterocycles. The summed E-state index contributed by atoms with van der Waals surface area (Å²) in [6.45, 7) is 7.89. The van der Waals surface area contributed by atoms with Crippen molar-refractivity contribution in [1.29, 1.82) is 0 Å². The summed E-state index contributed by atoms with van der Waals surface area (Å²) >= 11 is 0. The summed E-state index contributed by atoms with van der Waals surface area (Å²) in [5.41, 5.74) is 3.57. The number of rotatable bonds is 2. The number of benzene rings is 1. The van der Waals surface area contributed by atoms with Crippen molar-refractivity contribution < 1.29 is 4.74 Å². The molecule has 0 fully saturated rings. The molecule has 64 valence electrons. The molecule has 0 saturated heterocycles. The molecule has 0 amide bonds. The Morgan fingerprint density at radius 3 is 2.33 bits per heavy atom. The van der Waals surface area contributed by atoms with Crippen LogP contribution < -0.4 is 4.74 Å². The highest BCUT2D eigenvalue weighted by molar-refractivity contribution is 5.58. The van der Waals surface area contributed by atoms with Crippen LogP contribution in [0.3, 0.4) is 0 Å². The van der Waals surface area contributed by atoms with Crippen LogP contribution in [0.1, 0.15) is 16.7 Å². The molecule has 0 aliphatic carbocycles. The molecule has 12 heavy (non-hydrogen) atoms. The Bertz CT molecular complexity index is 300. The summed E-state index contributed by atoms with van der Waals surface area (Å²) in [4.78, 5) is 0. The van der Waals surface area contributed by atoms with Crippen LogP contribution in [0.4, 0.5) is 0 Å². The molecule has 1 heteroatoms. The summed E-state index contributed by atoms with van der Waals surface area (Å²) in [5, 5.41) is 0. The van der Waals surface area contributed by atoms with Gasteiger partial charge in [0, 0.05) is 5.56 Å². The normalized spacial score (nSPS) is 9.58. The van der Waals surface area contributed by atoms with Crippen molar-refractivity contribution in [2.75, 3.05) is 7.11 Å². The van der Waals surface area contributed by atoms with Gasteiger partial charge in [0.15, 0.2) is 0 Å². The van der Waals surface area contributed by atoms with E-state index in [0.29, 0.717) is 0 Å². The van der Waals surface area contributed by atoms with E-state index in [-0.39, 0.29) is 0 Å². The Kier molecular flexibility index (Phi) is 2.54. The molecule has 0 aliphatic rings. The number of hydrogen-bond donors (Lipinski definition) is 0. The van der Waals surface area contributed by atoms with Gasteiger partial charge in [-0.3, -0.25) is 0 Å². The zero-order chi connectivity index (χ0) is 9.14. The summed E-state index contributed by atoms with van der Waals surface area (Å²) < 4.78 is 5.20. The quantitative estimate of drug-likeness (QED) is 0.649. The predicted octanol–water partition coefficient (Wildman–Crippen LogP) is 2.96. The molecule has 0 radical (unpaired) electrons. The molecule has 1 aromatic carbocycles. The fourth-order valence-corrected chi connectivity index (χ4v) is 1.15. The molecule has 0 atom stereocenters. The van der Waals surface area contributed by atoms with Crippen LogP contribution >= 0.6 is 0 Å². The summed E-state index contributed by atoms with van der Waals surface area (Å²) in [6.07, 6.45) is 1.81. The van der Waals surface area contributed by atoms with Crippen molar-refractivity contribution in [3.05, 3.63) is 35.4 Å². The van der Waals surface area contributed by atoms with Gasteiger partial charge in [-0.15, -0.1) is 0 Å². The van der Waals surface area contributed by atoms with Gasteiger partial charge in [0.2, 0.25) is 0 Å². The Balaban J connectivity index is 3.28. The first-order valence-corrected chi connectivity index (χ1v) is 3.96. The maximum absolute atomic E-state index is 5.20. The van der Waals surface area contributed by atoms with Crippen molar-refractivity contribution in [2.45, 2.75) is 13.8 Å². The third kappa shape index (κ3) is 1.50. The summed E-state index contributed by atoms with van der Waals surface area (Å²) in [5.74, 6) is 0.896. The number of methoxy groups -OCH3 is 1. The van der Waals surface area contributed by atoms with E-state index in [1.807, 2.05) is 12.1 Å². The van der Waals surface area contributed by atoms with Gasteiger partial charge in [0.25, 0.3) is 0 Å². The van der Waals surface area contributed by atoms with Crippen molar-refractivity contribution in [3.8, 4) is 5.75 Å². The fourth-order valence-electron chi connectivity index (χ4n) is 1.15. The summed E-state index contributed by atoms with van der Waals surface area (Å²) in [7, 11) is 1.68. The molecule has 0 heterocycles. The van der Waals surface area contributed by atoms with E-state index in [4.69, 9.17) is 4.74 Å². The highest BCUT2D eigenvalue weighted by Gasteiger charge is 2.01. The highest BCUT2D eigenvalue weighted by Crippen LogP contribution is 2.23. The van der Waals surface area contributed by atoms with Crippen molar-refractivity contribution in [1.82, 2.24) is 0 Å². The topological polar surface area (TPSA) is 9.23 Å². The predicted molar refractivity (Wildman–Crippen MR) is 52.6 cm³/mol. The lowest BCUT2D eigenvalue weighted by Crippen LogP contribution is -1.90. The first-order chi connectivity index (χ1) is 5.69. The van der Waals surface area contributed by atoms with E-state index < -0.39 is 0 Å². The van der Waals surface area contributed by atoms with Gasteiger partial charge in [0.1, 0.15) is 5.75 Å². The Hall–Kier alpha value is -1.24. The molecular formula is C11H14O. The zero-order valence-corrected chi connectivity index (χ0v) is 7.85. The van der Waals surface area contributed by atoms with Crippen molar-refractivity contribution >= 4 is 6.08 Å². The van der Waals surface area contributed by atoms with Gasteiger partial charge in [-0.05, 0) is 37.1 Å². The first-order valence-electron chi connectivity index (χ1n) is 3.96. The largest absolute Gasteiger partial charge is 0.496 e. The standard InChI is InChI=1S/C11H14O/c1-5-10-6-8(2)9(3)7-11(10)12-4/h5-7H,1H2,2-4H3. The molecule has 0 bridgehead atoms.